The normalized spacial score (nSPS) is 11.6. The van der Waals surface area contributed by atoms with Crippen LogP contribution < -0.4 is 3.82 Å². The van der Waals surface area contributed by atoms with Gasteiger partial charge in [0.15, 0.2) is 0 Å². The predicted octanol–water partition coefficient (Wildman–Crippen LogP) is 2.15. The number of hydrogen-bond acceptors (Lipinski definition) is 3. The van der Waals surface area contributed by atoms with Crippen LogP contribution in [0, 0.1) is 0 Å². The highest BCUT2D eigenvalue weighted by Gasteiger charge is 2.14. The van der Waals surface area contributed by atoms with Crippen LogP contribution in [-0.2, 0) is 10.0 Å². The summed E-state index contributed by atoms with van der Waals surface area (Å²) in [6.45, 7) is 0. The molecule has 2 rings (SSSR count). The Labute approximate surface area is 98.6 Å². The van der Waals surface area contributed by atoms with Gasteiger partial charge in [-0.15, -0.1) is 0 Å². The van der Waals surface area contributed by atoms with E-state index in [9.17, 15) is 8.42 Å². The highest BCUT2D eigenvalue weighted by atomic mass is 35.5. The summed E-state index contributed by atoms with van der Waals surface area (Å²) in [5, 5.41) is 1.83. The van der Waals surface area contributed by atoms with Gasteiger partial charge < -0.3 is 0 Å². The summed E-state index contributed by atoms with van der Waals surface area (Å²) in [6.07, 6.45) is 4.40. The minimum absolute atomic E-state index is 0.419. The van der Waals surface area contributed by atoms with Crippen molar-refractivity contribution in [2.24, 2.45) is 0 Å². The zero-order chi connectivity index (χ0) is 11.8. The number of halogens is 1. The van der Waals surface area contributed by atoms with Crippen LogP contribution in [0.2, 0.25) is 0 Å². The third kappa shape index (κ3) is 2.10. The summed E-state index contributed by atoms with van der Waals surface area (Å²) in [5.74, 6) is 0. The summed E-state index contributed by atoms with van der Waals surface area (Å²) < 4.78 is 23.2. The number of rotatable bonds is 2. The number of hydrogen-bond donors (Lipinski definition) is 0. The highest BCUT2D eigenvalue weighted by molar-refractivity contribution is 7.93. The van der Waals surface area contributed by atoms with Gasteiger partial charge in [0.05, 0.1) is 11.9 Å². The number of nitrogens with zero attached hydrogens (tertiary/aromatic N) is 2. The number of aromatic nitrogens is 1. The second kappa shape index (κ2) is 3.92. The Bertz CT molecular complexity index is 628. The lowest BCUT2D eigenvalue weighted by Crippen LogP contribution is -2.18. The Morgan fingerprint density at radius 2 is 2.00 bits per heavy atom. The van der Waals surface area contributed by atoms with Crippen molar-refractivity contribution in [1.82, 2.24) is 4.98 Å². The molecule has 0 N–H and O–H groups in total. The molecule has 0 unspecified atom stereocenters. The predicted molar refractivity (Wildman–Crippen MR) is 64.9 cm³/mol. The van der Waals surface area contributed by atoms with Gasteiger partial charge in [-0.3, -0.25) is 4.98 Å². The molecule has 0 amide bonds. The Hall–Kier alpha value is -1.33. The molecule has 0 radical (unpaired) electrons. The van der Waals surface area contributed by atoms with Crippen molar-refractivity contribution in [2.45, 2.75) is 0 Å². The minimum Gasteiger partial charge on any atom is -0.264 e. The van der Waals surface area contributed by atoms with Crippen molar-refractivity contribution in [2.75, 3.05) is 10.1 Å². The molecule has 1 aromatic heterocycles. The molecule has 4 nitrogen and oxygen atoms in total. The van der Waals surface area contributed by atoms with E-state index in [-0.39, 0.29) is 0 Å². The third-order valence-electron chi connectivity index (χ3n) is 2.12. The third-order valence-corrected chi connectivity index (χ3v) is 3.86. The monoisotopic (exact) mass is 256 g/mol. The van der Waals surface area contributed by atoms with Gasteiger partial charge >= 0.3 is 0 Å². The van der Waals surface area contributed by atoms with Crippen molar-refractivity contribution in [3.63, 3.8) is 0 Å². The van der Waals surface area contributed by atoms with Gasteiger partial charge in [-0.05, 0) is 23.6 Å². The Kier molecular flexibility index (Phi) is 2.73. The lowest BCUT2D eigenvalue weighted by Gasteiger charge is -2.13. The first-order chi connectivity index (χ1) is 7.48. The van der Waals surface area contributed by atoms with Crippen molar-refractivity contribution >= 4 is 38.3 Å². The first-order valence-corrected chi connectivity index (χ1v) is 6.67. The fourth-order valence-corrected chi connectivity index (χ4v) is 1.97. The van der Waals surface area contributed by atoms with E-state index in [1.165, 1.54) is 0 Å². The molecule has 0 aliphatic rings. The van der Waals surface area contributed by atoms with E-state index in [2.05, 4.69) is 4.98 Å². The van der Waals surface area contributed by atoms with Crippen molar-refractivity contribution in [3.8, 4) is 0 Å². The standard InChI is InChI=1S/C10H9ClN2O2S/c1-16(14,15)13(11)10-3-2-9-7-12-5-4-8(9)6-10/h2-7H,1H3. The van der Waals surface area contributed by atoms with Gasteiger partial charge in [-0.25, -0.2) is 8.42 Å². The number of sulfonamides is 1. The van der Waals surface area contributed by atoms with Crippen LogP contribution in [-0.4, -0.2) is 19.7 Å². The van der Waals surface area contributed by atoms with E-state index in [0.717, 1.165) is 20.9 Å². The van der Waals surface area contributed by atoms with Gasteiger partial charge in [-0.2, -0.15) is 3.82 Å². The molecule has 0 spiro atoms. The SMILES string of the molecule is CS(=O)(=O)N(Cl)c1ccc2cnccc2c1. The summed E-state index contributed by atoms with van der Waals surface area (Å²) in [5.41, 5.74) is 0.419. The maximum Gasteiger partial charge on any atom is 0.246 e. The van der Waals surface area contributed by atoms with Gasteiger partial charge in [0.2, 0.25) is 10.0 Å². The van der Waals surface area contributed by atoms with E-state index in [1.54, 1.807) is 36.7 Å². The molecular weight excluding hydrogens is 248 g/mol. The van der Waals surface area contributed by atoms with Gasteiger partial charge in [0.25, 0.3) is 0 Å². The van der Waals surface area contributed by atoms with Crippen molar-refractivity contribution < 1.29 is 8.42 Å². The molecule has 1 heterocycles. The van der Waals surface area contributed by atoms with Gasteiger partial charge in [-0.1, -0.05) is 6.07 Å². The molecule has 0 fully saturated rings. The first-order valence-electron chi connectivity index (χ1n) is 4.48. The number of anilines is 1. The van der Waals surface area contributed by atoms with Crippen molar-refractivity contribution in [3.05, 3.63) is 36.7 Å². The van der Waals surface area contributed by atoms with Crippen LogP contribution in [0.5, 0.6) is 0 Å². The lowest BCUT2D eigenvalue weighted by molar-refractivity contribution is 0.603. The molecule has 2 aromatic rings. The number of fused-ring (bicyclic) bond motifs is 1. The molecule has 1 aromatic carbocycles. The summed E-state index contributed by atoms with van der Waals surface area (Å²) in [6, 6.07) is 6.91. The second-order valence-corrected chi connectivity index (χ2v) is 5.75. The zero-order valence-electron chi connectivity index (χ0n) is 8.46. The highest BCUT2D eigenvalue weighted by Crippen LogP contribution is 2.24. The molecule has 16 heavy (non-hydrogen) atoms. The fourth-order valence-electron chi connectivity index (χ4n) is 1.37. The Morgan fingerprint density at radius 3 is 2.69 bits per heavy atom. The molecule has 84 valence electrons. The average Bonchev–Trinajstić information content (AvgIpc) is 2.26. The fraction of sp³-hybridized carbons (Fsp3) is 0.100. The average molecular weight is 257 g/mol. The van der Waals surface area contributed by atoms with Gasteiger partial charge in [0.1, 0.15) is 0 Å². The van der Waals surface area contributed by atoms with Gasteiger partial charge in [0, 0.05) is 29.6 Å². The molecule has 0 saturated heterocycles. The van der Waals surface area contributed by atoms with E-state index < -0.39 is 10.0 Å². The Balaban J connectivity index is 2.55. The van der Waals surface area contributed by atoms with Crippen LogP contribution >= 0.6 is 11.8 Å². The van der Waals surface area contributed by atoms with Crippen LogP contribution in [0.4, 0.5) is 5.69 Å². The van der Waals surface area contributed by atoms with Crippen LogP contribution in [0.15, 0.2) is 36.7 Å². The smallest absolute Gasteiger partial charge is 0.246 e. The Morgan fingerprint density at radius 1 is 1.25 bits per heavy atom. The summed E-state index contributed by atoms with van der Waals surface area (Å²) >= 11 is 5.71. The molecule has 0 bridgehead atoms. The van der Waals surface area contributed by atoms with Crippen LogP contribution in [0.3, 0.4) is 0 Å². The summed E-state index contributed by atoms with van der Waals surface area (Å²) in [4.78, 5) is 3.97. The second-order valence-electron chi connectivity index (χ2n) is 3.38. The topological polar surface area (TPSA) is 50.3 Å². The van der Waals surface area contributed by atoms with E-state index in [0.29, 0.717) is 5.69 Å². The zero-order valence-corrected chi connectivity index (χ0v) is 10.0. The first kappa shape index (κ1) is 11.2. The number of pyridine rings is 1. The molecule has 0 aliphatic heterocycles. The van der Waals surface area contributed by atoms with Crippen LogP contribution in [0.1, 0.15) is 0 Å². The molecule has 6 heteroatoms. The molecule has 0 saturated carbocycles. The maximum atomic E-state index is 11.2. The lowest BCUT2D eigenvalue weighted by atomic mass is 10.2. The maximum absolute atomic E-state index is 11.2. The molecule has 0 aliphatic carbocycles. The van der Waals surface area contributed by atoms with E-state index >= 15 is 0 Å². The van der Waals surface area contributed by atoms with Crippen molar-refractivity contribution in [1.29, 1.82) is 0 Å². The molecule has 0 atom stereocenters. The number of benzene rings is 1. The largest absolute Gasteiger partial charge is 0.264 e. The molecular formula is C10H9ClN2O2S. The van der Waals surface area contributed by atoms with E-state index in [4.69, 9.17) is 11.8 Å². The minimum atomic E-state index is -3.44. The van der Waals surface area contributed by atoms with E-state index in [1.807, 2.05) is 0 Å². The quantitative estimate of drug-likeness (QED) is 0.774. The summed E-state index contributed by atoms with van der Waals surface area (Å²) in [7, 11) is -3.44. The van der Waals surface area contributed by atoms with Crippen LogP contribution in [0.25, 0.3) is 10.8 Å².